The molecule has 0 heterocycles. The van der Waals surface area contributed by atoms with Gasteiger partial charge < -0.3 is 10.0 Å². The van der Waals surface area contributed by atoms with E-state index in [4.69, 9.17) is 0 Å². The van der Waals surface area contributed by atoms with E-state index in [2.05, 4.69) is 9.62 Å². The van der Waals surface area contributed by atoms with E-state index in [1.54, 1.807) is 6.92 Å². The monoisotopic (exact) mass is 278 g/mol. The first-order valence-electron chi connectivity index (χ1n) is 6.78. The van der Waals surface area contributed by atoms with Crippen molar-refractivity contribution in [1.82, 2.24) is 9.62 Å². The van der Waals surface area contributed by atoms with E-state index >= 15 is 0 Å². The van der Waals surface area contributed by atoms with Crippen molar-refractivity contribution in [1.29, 1.82) is 0 Å². The Morgan fingerprint density at radius 1 is 1.33 bits per heavy atom. The van der Waals surface area contributed by atoms with Crippen molar-refractivity contribution in [3.8, 4) is 0 Å². The van der Waals surface area contributed by atoms with E-state index in [-0.39, 0.29) is 11.9 Å². The lowest BCUT2D eigenvalue weighted by Gasteiger charge is -2.31. The number of nitrogens with one attached hydrogen (secondary N) is 1. The number of aliphatic hydroxyl groups excluding tert-OH is 1. The number of aliphatic hydroxyl groups is 1. The van der Waals surface area contributed by atoms with E-state index in [0.29, 0.717) is 19.0 Å². The number of nitrogens with zero attached hydrogens (tertiary/aromatic N) is 1. The molecule has 0 aromatic carbocycles. The number of hydrogen-bond donors (Lipinski definition) is 2. The van der Waals surface area contributed by atoms with Crippen LogP contribution in [-0.2, 0) is 10.0 Å². The Hall–Kier alpha value is -0.170. The first kappa shape index (κ1) is 15.9. The van der Waals surface area contributed by atoms with Crippen LogP contribution in [0.4, 0.5) is 0 Å². The van der Waals surface area contributed by atoms with Crippen LogP contribution in [0.5, 0.6) is 0 Å². The van der Waals surface area contributed by atoms with Gasteiger partial charge in [0.25, 0.3) is 0 Å². The summed E-state index contributed by atoms with van der Waals surface area (Å²) in [6.45, 7) is 3.59. The van der Waals surface area contributed by atoms with Crippen LogP contribution in [0.3, 0.4) is 0 Å². The molecule has 6 heteroatoms. The summed E-state index contributed by atoms with van der Waals surface area (Å²) in [5.74, 6) is 0.462. The Morgan fingerprint density at radius 3 is 2.61 bits per heavy atom. The molecule has 0 aliphatic heterocycles. The molecule has 1 aliphatic carbocycles. The second kappa shape index (κ2) is 7.43. The summed E-state index contributed by atoms with van der Waals surface area (Å²) in [7, 11) is -1.11. The summed E-state index contributed by atoms with van der Waals surface area (Å²) in [5.41, 5.74) is 0. The molecule has 0 radical (unpaired) electrons. The number of likely N-dealkylation sites (N-methyl/N-ethyl adjacent to an activating group) is 1. The van der Waals surface area contributed by atoms with Crippen LogP contribution in [0.15, 0.2) is 0 Å². The maximum Gasteiger partial charge on any atom is 0.211 e. The maximum atomic E-state index is 11.3. The largest absolute Gasteiger partial charge is 0.393 e. The molecule has 1 rings (SSSR count). The SMILES string of the molecule is CCS(=O)(=O)NCCN(C)CC1CCCCC1O. The average molecular weight is 278 g/mol. The van der Waals surface area contributed by atoms with E-state index in [9.17, 15) is 13.5 Å². The van der Waals surface area contributed by atoms with Gasteiger partial charge in [0.15, 0.2) is 0 Å². The molecule has 5 nitrogen and oxygen atoms in total. The Morgan fingerprint density at radius 2 is 2.00 bits per heavy atom. The fraction of sp³-hybridized carbons (Fsp3) is 1.00. The predicted octanol–water partition coefficient (Wildman–Crippen LogP) is 0.409. The van der Waals surface area contributed by atoms with Crippen LogP contribution < -0.4 is 4.72 Å². The highest BCUT2D eigenvalue weighted by atomic mass is 32.2. The second-order valence-electron chi connectivity index (χ2n) is 5.17. The lowest BCUT2D eigenvalue weighted by molar-refractivity contribution is 0.0518. The van der Waals surface area contributed by atoms with Crippen LogP contribution in [0.25, 0.3) is 0 Å². The lowest BCUT2D eigenvalue weighted by Crippen LogP contribution is -2.39. The molecule has 0 aromatic heterocycles. The molecule has 2 unspecified atom stereocenters. The van der Waals surface area contributed by atoms with Crippen LogP contribution >= 0.6 is 0 Å². The quantitative estimate of drug-likeness (QED) is 0.707. The zero-order valence-corrected chi connectivity index (χ0v) is 12.2. The Labute approximate surface area is 111 Å². The summed E-state index contributed by atoms with van der Waals surface area (Å²) in [6.07, 6.45) is 4.11. The molecule has 108 valence electrons. The highest BCUT2D eigenvalue weighted by molar-refractivity contribution is 7.89. The van der Waals surface area contributed by atoms with Crippen molar-refractivity contribution in [2.24, 2.45) is 5.92 Å². The lowest BCUT2D eigenvalue weighted by atomic mass is 9.86. The van der Waals surface area contributed by atoms with Gasteiger partial charge in [-0.25, -0.2) is 13.1 Å². The second-order valence-corrected chi connectivity index (χ2v) is 7.27. The van der Waals surface area contributed by atoms with Gasteiger partial charge in [0.2, 0.25) is 10.0 Å². The molecule has 1 saturated carbocycles. The normalized spacial score (nSPS) is 25.6. The average Bonchev–Trinajstić information content (AvgIpc) is 2.32. The molecule has 0 saturated heterocycles. The van der Waals surface area contributed by atoms with E-state index < -0.39 is 10.0 Å². The molecular formula is C12H26N2O3S. The van der Waals surface area contributed by atoms with Crippen LogP contribution in [-0.4, -0.2) is 57.0 Å². The standard InChI is InChI=1S/C12H26N2O3S/c1-3-18(16,17)13-8-9-14(2)10-11-6-4-5-7-12(11)15/h11-13,15H,3-10H2,1-2H3. The van der Waals surface area contributed by atoms with Crippen molar-refractivity contribution in [2.45, 2.75) is 38.7 Å². The number of hydrogen-bond acceptors (Lipinski definition) is 4. The van der Waals surface area contributed by atoms with Gasteiger partial charge >= 0.3 is 0 Å². The molecule has 0 aromatic rings. The summed E-state index contributed by atoms with van der Waals surface area (Å²) in [6, 6.07) is 0. The summed E-state index contributed by atoms with van der Waals surface area (Å²) in [5, 5.41) is 9.87. The third-order valence-corrected chi connectivity index (χ3v) is 5.01. The van der Waals surface area contributed by atoms with E-state index in [0.717, 1.165) is 25.8 Å². The zero-order chi connectivity index (χ0) is 13.6. The van der Waals surface area contributed by atoms with Crippen LogP contribution in [0.2, 0.25) is 0 Å². The van der Waals surface area contributed by atoms with Crippen molar-refractivity contribution >= 4 is 10.0 Å². The summed E-state index contributed by atoms with van der Waals surface area (Å²) >= 11 is 0. The van der Waals surface area contributed by atoms with Crippen molar-refractivity contribution in [3.05, 3.63) is 0 Å². The minimum Gasteiger partial charge on any atom is -0.393 e. The number of sulfonamides is 1. The summed E-state index contributed by atoms with van der Waals surface area (Å²) in [4.78, 5) is 2.09. The molecule has 18 heavy (non-hydrogen) atoms. The fourth-order valence-corrected chi connectivity index (χ4v) is 2.99. The van der Waals surface area contributed by atoms with E-state index in [1.165, 1.54) is 6.42 Å². The minimum atomic E-state index is -3.09. The van der Waals surface area contributed by atoms with Crippen molar-refractivity contribution in [2.75, 3.05) is 32.4 Å². The fourth-order valence-electron chi connectivity index (χ4n) is 2.39. The van der Waals surface area contributed by atoms with Crippen molar-refractivity contribution in [3.63, 3.8) is 0 Å². The molecule has 2 N–H and O–H groups in total. The Kier molecular flexibility index (Phi) is 6.55. The molecule has 1 fully saturated rings. The third kappa shape index (κ3) is 5.65. The van der Waals surface area contributed by atoms with Gasteiger partial charge in [-0.2, -0.15) is 0 Å². The Bertz CT molecular complexity index is 332. The van der Waals surface area contributed by atoms with Gasteiger partial charge in [0.1, 0.15) is 0 Å². The smallest absolute Gasteiger partial charge is 0.211 e. The minimum absolute atomic E-state index is 0.123. The zero-order valence-electron chi connectivity index (χ0n) is 11.4. The molecule has 0 bridgehead atoms. The molecule has 0 amide bonds. The first-order chi connectivity index (χ1) is 8.44. The van der Waals surface area contributed by atoms with Gasteiger partial charge in [0, 0.05) is 19.6 Å². The Balaban J connectivity index is 2.22. The first-order valence-corrected chi connectivity index (χ1v) is 8.44. The van der Waals surface area contributed by atoms with E-state index in [1.807, 2.05) is 7.05 Å². The van der Waals surface area contributed by atoms with Crippen LogP contribution in [0, 0.1) is 5.92 Å². The molecule has 0 spiro atoms. The number of rotatable bonds is 7. The molecule has 1 aliphatic rings. The van der Waals surface area contributed by atoms with Gasteiger partial charge in [-0.15, -0.1) is 0 Å². The van der Waals surface area contributed by atoms with Crippen LogP contribution in [0.1, 0.15) is 32.6 Å². The summed E-state index contributed by atoms with van der Waals surface area (Å²) < 4.78 is 25.1. The highest BCUT2D eigenvalue weighted by Crippen LogP contribution is 2.24. The van der Waals surface area contributed by atoms with Gasteiger partial charge in [-0.3, -0.25) is 0 Å². The molecular weight excluding hydrogens is 252 g/mol. The van der Waals surface area contributed by atoms with Gasteiger partial charge in [0.05, 0.1) is 11.9 Å². The van der Waals surface area contributed by atoms with Gasteiger partial charge in [-0.05, 0) is 32.7 Å². The predicted molar refractivity (Wildman–Crippen MR) is 72.9 cm³/mol. The van der Waals surface area contributed by atoms with Crippen molar-refractivity contribution < 1.29 is 13.5 Å². The topological polar surface area (TPSA) is 69.6 Å². The maximum absolute atomic E-state index is 11.3. The van der Waals surface area contributed by atoms with Gasteiger partial charge in [-0.1, -0.05) is 12.8 Å². The third-order valence-electron chi connectivity index (χ3n) is 3.61. The highest BCUT2D eigenvalue weighted by Gasteiger charge is 2.23. The molecule has 2 atom stereocenters.